The van der Waals surface area contributed by atoms with E-state index >= 15 is 0 Å². The van der Waals surface area contributed by atoms with Crippen LogP contribution in [0.15, 0.2) is 61.5 Å². The van der Waals surface area contributed by atoms with Crippen molar-refractivity contribution in [3.8, 4) is 10.4 Å². The fraction of sp³-hybridized carbons (Fsp3) is 0.125. The number of halogens is 3. The molecular weight excluding hydrogens is 484 g/mol. The number of carbonyl (C=O) groups excluding carboxylic acids is 1. The van der Waals surface area contributed by atoms with Crippen molar-refractivity contribution in [3.63, 3.8) is 0 Å². The van der Waals surface area contributed by atoms with Gasteiger partial charge in [0.25, 0.3) is 5.91 Å². The Morgan fingerprint density at radius 1 is 1.26 bits per heavy atom. The van der Waals surface area contributed by atoms with E-state index in [-0.39, 0.29) is 22.6 Å². The zero-order valence-electron chi connectivity index (χ0n) is 18.6. The molecule has 0 saturated heterocycles. The maximum atomic E-state index is 13.5. The van der Waals surface area contributed by atoms with Gasteiger partial charge in [-0.3, -0.25) is 9.18 Å². The smallest absolute Gasteiger partial charge is 0.339 e. The fourth-order valence-corrected chi connectivity index (χ4v) is 3.64. The number of nitrogens with zero attached hydrogens (tertiary/aromatic N) is 2. The van der Waals surface area contributed by atoms with Crippen molar-refractivity contribution in [1.29, 1.82) is 0 Å². The summed E-state index contributed by atoms with van der Waals surface area (Å²) in [5.74, 6) is -2.67. The Hall–Kier alpha value is -3.56. The molecule has 3 rings (SSSR count). The van der Waals surface area contributed by atoms with Gasteiger partial charge in [-0.05, 0) is 30.2 Å². The molecule has 0 unspecified atom stereocenters. The number of allylic oxidation sites excluding steroid dienone is 1. The summed E-state index contributed by atoms with van der Waals surface area (Å²) in [6.07, 6.45) is 4.18. The largest absolute Gasteiger partial charge is 0.478 e. The van der Waals surface area contributed by atoms with E-state index in [1.54, 1.807) is 24.3 Å². The van der Waals surface area contributed by atoms with E-state index in [0.29, 0.717) is 22.6 Å². The second-order valence-corrected chi connectivity index (χ2v) is 7.58. The summed E-state index contributed by atoms with van der Waals surface area (Å²) in [4.78, 5) is 24.8. The Morgan fingerprint density at radius 2 is 1.85 bits per heavy atom. The Kier molecular flexibility index (Phi) is 11.6. The topological polar surface area (TPSA) is 84.2 Å². The first kappa shape index (κ1) is 28.5. The van der Waals surface area contributed by atoms with Gasteiger partial charge in [-0.1, -0.05) is 49.9 Å². The third kappa shape index (κ3) is 7.23. The van der Waals surface area contributed by atoms with Crippen molar-refractivity contribution < 1.29 is 23.5 Å². The fourth-order valence-electron chi connectivity index (χ4n) is 2.51. The van der Waals surface area contributed by atoms with Crippen molar-refractivity contribution >= 4 is 52.5 Å². The van der Waals surface area contributed by atoms with Crippen LogP contribution in [0.5, 0.6) is 0 Å². The van der Waals surface area contributed by atoms with Gasteiger partial charge in [0.1, 0.15) is 17.1 Å². The van der Waals surface area contributed by atoms with E-state index in [1.165, 1.54) is 17.6 Å². The molecule has 1 aromatic carbocycles. The van der Waals surface area contributed by atoms with E-state index in [0.717, 1.165) is 22.4 Å². The Morgan fingerprint density at radius 3 is 2.29 bits per heavy atom. The standard InChI is InChI=1S/C19H13ClFN3O3S.C4H8.CH3F/c1-3-24-15(10(2)21)8-13(23-24)18(25)22-14-9-28-17(16(14)19(26)27)11-4-6-12(20)7-5-11;1-3-4-2;1-2/h3-9H,1-2H2,(H,22,25)(H,26,27);3H,1,4H2,2H3;1H3. The van der Waals surface area contributed by atoms with Crippen LogP contribution in [0.4, 0.5) is 14.5 Å². The molecule has 10 heteroatoms. The third-order valence-electron chi connectivity index (χ3n) is 4.07. The lowest BCUT2D eigenvalue weighted by Gasteiger charge is -2.05. The average Bonchev–Trinajstić information content (AvgIpc) is 3.46. The van der Waals surface area contributed by atoms with Crippen LogP contribution < -0.4 is 5.32 Å². The first-order chi connectivity index (χ1) is 16.2. The van der Waals surface area contributed by atoms with E-state index < -0.39 is 17.7 Å². The van der Waals surface area contributed by atoms with Gasteiger partial charge in [-0.2, -0.15) is 5.10 Å². The quantitative estimate of drug-likeness (QED) is 0.326. The SMILES string of the molecule is C=CCC.C=Cn1nc(C(=O)Nc2csc(-c3ccc(Cl)cc3)c2C(=O)O)cc1C(=C)F.CF. The number of rotatable bonds is 7. The van der Waals surface area contributed by atoms with Crippen LogP contribution in [0.25, 0.3) is 22.5 Å². The predicted octanol–water partition coefficient (Wildman–Crippen LogP) is 7.42. The summed E-state index contributed by atoms with van der Waals surface area (Å²) in [5, 5.41) is 18.1. The van der Waals surface area contributed by atoms with E-state index in [4.69, 9.17) is 11.6 Å². The van der Waals surface area contributed by atoms with E-state index in [9.17, 15) is 23.5 Å². The number of carbonyl (C=O) groups is 2. The molecule has 3 aromatic rings. The van der Waals surface area contributed by atoms with Crippen molar-refractivity contribution in [2.75, 3.05) is 12.5 Å². The molecule has 0 atom stereocenters. The lowest BCUT2D eigenvalue weighted by molar-refractivity contribution is 0.0699. The van der Waals surface area contributed by atoms with Crippen molar-refractivity contribution in [2.45, 2.75) is 13.3 Å². The zero-order valence-corrected chi connectivity index (χ0v) is 20.2. The molecule has 1 amide bonds. The van der Waals surface area contributed by atoms with Gasteiger partial charge in [0.2, 0.25) is 0 Å². The zero-order chi connectivity index (χ0) is 25.8. The second kappa shape index (κ2) is 13.9. The van der Waals surface area contributed by atoms with Crippen LogP contribution >= 0.6 is 22.9 Å². The Labute approximate surface area is 205 Å². The highest BCUT2D eigenvalue weighted by Gasteiger charge is 2.23. The van der Waals surface area contributed by atoms with Gasteiger partial charge in [0, 0.05) is 16.6 Å². The summed E-state index contributed by atoms with van der Waals surface area (Å²) in [6, 6.07) is 7.88. The lowest BCUT2D eigenvalue weighted by atomic mass is 10.1. The Bertz CT molecular complexity index is 1170. The average molecular weight is 508 g/mol. The number of amides is 1. The van der Waals surface area contributed by atoms with Gasteiger partial charge in [0.15, 0.2) is 5.69 Å². The minimum Gasteiger partial charge on any atom is -0.478 e. The van der Waals surface area contributed by atoms with Crippen molar-refractivity contribution in [2.24, 2.45) is 0 Å². The van der Waals surface area contributed by atoms with Crippen LogP contribution in [0.3, 0.4) is 0 Å². The molecule has 0 saturated carbocycles. The van der Waals surface area contributed by atoms with Crippen molar-refractivity contribution in [3.05, 3.63) is 83.5 Å². The molecule has 0 spiro atoms. The molecule has 2 heterocycles. The maximum absolute atomic E-state index is 13.5. The summed E-state index contributed by atoms with van der Waals surface area (Å²) >= 11 is 7.04. The van der Waals surface area contributed by atoms with Crippen LogP contribution in [-0.4, -0.2) is 33.9 Å². The molecule has 0 bridgehead atoms. The number of aromatic nitrogens is 2. The predicted molar refractivity (Wildman–Crippen MR) is 136 cm³/mol. The summed E-state index contributed by atoms with van der Waals surface area (Å²) in [7, 11) is 0.500. The minimum atomic E-state index is -1.20. The molecule has 0 radical (unpaired) electrons. The molecule has 2 aromatic heterocycles. The number of thiophene rings is 1. The lowest BCUT2D eigenvalue weighted by Crippen LogP contribution is -2.14. The number of aromatic carboxylic acids is 1. The first-order valence-electron chi connectivity index (χ1n) is 9.71. The van der Waals surface area contributed by atoms with Gasteiger partial charge < -0.3 is 10.4 Å². The van der Waals surface area contributed by atoms with Gasteiger partial charge >= 0.3 is 5.97 Å². The summed E-state index contributed by atoms with van der Waals surface area (Å²) < 4.78 is 24.0. The highest BCUT2D eigenvalue weighted by atomic mass is 35.5. The second-order valence-electron chi connectivity index (χ2n) is 6.26. The minimum absolute atomic E-state index is 0.0224. The third-order valence-corrected chi connectivity index (χ3v) is 5.35. The van der Waals surface area contributed by atoms with Gasteiger partial charge in [-0.25, -0.2) is 13.9 Å². The number of alkyl halides is 1. The number of hydrogen-bond donors (Lipinski definition) is 2. The monoisotopic (exact) mass is 507 g/mol. The number of hydrogen-bond acceptors (Lipinski definition) is 4. The highest BCUT2D eigenvalue weighted by molar-refractivity contribution is 7.14. The van der Waals surface area contributed by atoms with Crippen LogP contribution in [-0.2, 0) is 0 Å². The van der Waals surface area contributed by atoms with Crippen LogP contribution in [0.2, 0.25) is 5.02 Å². The van der Waals surface area contributed by atoms with Crippen LogP contribution in [0, 0.1) is 0 Å². The van der Waals surface area contributed by atoms with E-state index in [1.807, 2.05) is 6.08 Å². The summed E-state index contributed by atoms with van der Waals surface area (Å²) in [6.45, 7) is 12.2. The number of anilines is 1. The highest BCUT2D eigenvalue weighted by Crippen LogP contribution is 2.36. The molecule has 180 valence electrons. The number of benzene rings is 1. The van der Waals surface area contributed by atoms with E-state index in [2.05, 4.69) is 37.1 Å². The number of carboxylic acid groups (broad SMARTS) is 1. The molecular formula is C24H24ClF2N3O3S. The molecule has 0 aliphatic heterocycles. The molecule has 34 heavy (non-hydrogen) atoms. The van der Waals surface area contributed by atoms with Gasteiger partial charge in [0.05, 0.1) is 17.7 Å². The molecule has 2 N–H and O–H groups in total. The number of carboxylic acids is 1. The first-order valence-corrected chi connectivity index (χ1v) is 11.0. The summed E-state index contributed by atoms with van der Waals surface area (Å²) in [5.41, 5.74) is 0.578. The van der Waals surface area contributed by atoms with Gasteiger partial charge in [-0.15, -0.1) is 17.9 Å². The van der Waals surface area contributed by atoms with Crippen LogP contribution in [0.1, 0.15) is 39.9 Å². The Balaban J connectivity index is 0.000000872. The molecule has 0 fully saturated rings. The maximum Gasteiger partial charge on any atom is 0.339 e. The molecule has 0 aliphatic carbocycles. The van der Waals surface area contributed by atoms with Crippen molar-refractivity contribution in [1.82, 2.24) is 9.78 Å². The molecule has 0 aliphatic rings. The number of nitrogens with one attached hydrogen (secondary N) is 1. The normalized spacial score (nSPS) is 9.56. The molecule has 6 nitrogen and oxygen atoms in total.